The minimum Gasteiger partial charge on any atom is -0.489 e. The zero-order valence-corrected chi connectivity index (χ0v) is 47.6. The van der Waals surface area contributed by atoms with Gasteiger partial charge in [0.2, 0.25) is 0 Å². The standard InChI is InChI=1S/C14H11F4NO.C14H14FNO.C13H11ClFNO.2C13H11F2NO/c15-10-3-1-9(2-4-10)8-20-11-5-6-13(19)12(7-11)14(16,17)18;1-10-8-13(6-7-14(10)16)17-9-11-2-4-12(15)5-3-11;14-12-7-11(16)5-6-13(12)17-8-9-1-3-10(15)4-2-9;14-10-3-1-9(2-4-10)8-17-11-5-6-13(16)12(15)7-11;14-10-3-1-9(2-4-10)8-17-13-6-5-11(16)7-12(13)15/h1-7H,8,19H2;2-8H,9,16H2,1H3;3*1-7H,8,16H2. The van der Waals surface area contributed by atoms with Crippen LogP contribution in [0.15, 0.2) is 212 Å². The van der Waals surface area contributed by atoms with E-state index in [4.69, 9.17) is 64.0 Å². The molecule has 0 amide bonds. The fourth-order valence-corrected chi connectivity index (χ4v) is 7.44. The topological polar surface area (TPSA) is 176 Å². The first-order valence-corrected chi connectivity index (χ1v) is 26.7. The molecule has 0 spiro atoms. The van der Waals surface area contributed by atoms with Crippen molar-refractivity contribution in [3.8, 4) is 28.7 Å². The molecule has 10 nitrogen and oxygen atoms in total. The SMILES string of the molecule is Cc1cc(OCc2ccc(F)cc2)ccc1N.Nc1ccc(OCc2ccc(F)cc2)c(Cl)c1.Nc1ccc(OCc2ccc(F)cc2)c(F)c1.Nc1ccc(OCc2ccc(F)cc2)cc1C(F)(F)F.Nc1ccc(OCc2ccc(F)cc2)cc1F. The molecule has 10 rings (SSSR count). The lowest BCUT2D eigenvalue weighted by atomic mass is 10.1. The van der Waals surface area contributed by atoms with E-state index in [1.54, 1.807) is 78.9 Å². The van der Waals surface area contributed by atoms with E-state index >= 15 is 0 Å². The Balaban J connectivity index is 0.000000176. The number of nitrogens with two attached hydrogens (primary N) is 5. The van der Waals surface area contributed by atoms with E-state index in [-0.39, 0.29) is 71.8 Å². The quantitative estimate of drug-likeness (QED) is 0.0490. The molecule has 458 valence electrons. The number of aryl methyl sites for hydroxylation is 1. The molecule has 0 aliphatic rings. The molecule has 0 saturated carbocycles. The van der Waals surface area contributed by atoms with E-state index in [0.29, 0.717) is 46.7 Å². The highest BCUT2D eigenvalue weighted by Crippen LogP contribution is 2.36. The van der Waals surface area contributed by atoms with Crippen molar-refractivity contribution in [2.45, 2.75) is 46.1 Å². The molecule has 0 radical (unpaired) electrons. The highest BCUT2D eigenvalue weighted by Gasteiger charge is 2.33. The van der Waals surface area contributed by atoms with Crippen LogP contribution in [0.1, 0.15) is 38.9 Å². The van der Waals surface area contributed by atoms with Crippen LogP contribution in [0.2, 0.25) is 5.02 Å². The smallest absolute Gasteiger partial charge is 0.418 e. The molecule has 21 heteroatoms. The molecule has 10 N–H and O–H groups in total. The number of halogens is 11. The summed E-state index contributed by atoms with van der Waals surface area (Å²) in [4.78, 5) is 0. The molecule has 0 aromatic heterocycles. The number of hydrogen-bond donors (Lipinski definition) is 5. The van der Waals surface area contributed by atoms with Crippen molar-refractivity contribution in [3.05, 3.63) is 297 Å². The van der Waals surface area contributed by atoms with Crippen LogP contribution in [0.25, 0.3) is 0 Å². The summed E-state index contributed by atoms with van der Waals surface area (Å²) < 4.78 is 155. The Labute approximate surface area is 506 Å². The summed E-state index contributed by atoms with van der Waals surface area (Å²) in [7, 11) is 0. The molecule has 10 aromatic rings. The van der Waals surface area contributed by atoms with Crippen LogP contribution in [-0.2, 0) is 39.2 Å². The number of rotatable bonds is 15. The molecule has 0 fully saturated rings. The molecule has 0 unspecified atom stereocenters. The average molecular weight is 1240 g/mol. The summed E-state index contributed by atoms with van der Waals surface area (Å²) in [6, 6.07) is 52.0. The van der Waals surface area contributed by atoms with Crippen LogP contribution in [-0.4, -0.2) is 0 Å². The van der Waals surface area contributed by atoms with E-state index in [0.717, 1.165) is 51.4 Å². The third-order valence-electron chi connectivity index (χ3n) is 12.0. The van der Waals surface area contributed by atoms with Crippen molar-refractivity contribution in [2.24, 2.45) is 0 Å². The minimum atomic E-state index is -4.53. The molecule has 0 heterocycles. The summed E-state index contributed by atoms with van der Waals surface area (Å²) in [6.45, 7) is 3.17. The van der Waals surface area contributed by atoms with E-state index in [1.807, 2.05) is 25.1 Å². The number of benzene rings is 10. The normalized spacial score (nSPS) is 10.5. The predicted molar refractivity (Wildman–Crippen MR) is 323 cm³/mol. The zero-order valence-electron chi connectivity index (χ0n) is 46.8. The van der Waals surface area contributed by atoms with Gasteiger partial charge >= 0.3 is 6.18 Å². The predicted octanol–water partition coefficient (Wildman–Crippen LogP) is 17.2. The van der Waals surface area contributed by atoms with E-state index in [1.165, 1.54) is 103 Å². The first kappa shape index (κ1) is 66.9. The van der Waals surface area contributed by atoms with Crippen LogP contribution in [0.4, 0.5) is 72.3 Å². The van der Waals surface area contributed by atoms with Crippen LogP contribution in [0.3, 0.4) is 0 Å². The van der Waals surface area contributed by atoms with E-state index in [9.17, 15) is 43.9 Å². The summed E-state index contributed by atoms with van der Waals surface area (Å²) >= 11 is 5.96. The van der Waals surface area contributed by atoms with Gasteiger partial charge in [0.1, 0.15) is 90.9 Å². The molecule has 0 atom stereocenters. The molecule has 0 bridgehead atoms. The Hall–Kier alpha value is -10.2. The van der Waals surface area contributed by atoms with Crippen LogP contribution in [0, 0.1) is 47.6 Å². The molecule has 10 aromatic carbocycles. The summed E-state index contributed by atoms with van der Waals surface area (Å²) in [6.07, 6.45) is -4.53. The van der Waals surface area contributed by atoms with Crippen molar-refractivity contribution < 1.29 is 67.6 Å². The summed E-state index contributed by atoms with van der Waals surface area (Å²) in [5, 5.41) is 0.465. The number of alkyl halides is 3. The van der Waals surface area contributed by atoms with Crippen LogP contribution in [0.5, 0.6) is 28.7 Å². The first-order valence-electron chi connectivity index (χ1n) is 26.3. The highest BCUT2D eigenvalue weighted by molar-refractivity contribution is 6.32. The van der Waals surface area contributed by atoms with Gasteiger partial charge in [-0.2, -0.15) is 13.2 Å². The Morgan fingerprint density at radius 3 is 1.02 bits per heavy atom. The maximum Gasteiger partial charge on any atom is 0.418 e. The second-order valence-electron chi connectivity index (χ2n) is 18.9. The fraction of sp³-hybridized carbons (Fsp3) is 0.104. The fourth-order valence-electron chi connectivity index (χ4n) is 7.20. The summed E-state index contributed by atoms with van der Waals surface area (Å²) in [5.74, 6) is -0.628. The lowest BCUT2D eigenvalue weighted by Gasteiger charge is -2.12. The van der Waals surface area contributed by atoms with Gasteiger partial charge in [-0.15, -0.1) is 0 Å². The van der Waals surface area contributed by atoms with E-state index < -0.39 is 23.4 Å². The maximum absolute atomic E-state index is 13.4. The minimum absolute atomic E-state index is 0.0432. The number of hydrogen-bond acceptors (Lipinski definition) is 10. The van der Waals surface area contributed by atoms with Gasteiger partial charge in [-0.05, 0) is 180 Å². The van der Waals surface area contributed by atoms with Gasteiger partial charge in [0.25, 0.3) is 0 Å². The third-order valence-corrected chi connectivity index (χ3v) is 12.3. The average Bonchev–Trinajstić information content (AvgIpc) is 3.67. The van der Waals surface area contributed by atoms with Crippen LogP contribution >= 0.6 is 11.6 Å². The van der Waals surface area contributed by atoms with Crippen molar-refractivity contribution in [3.63, 3.8) is 0 Å². The van der Waals surface area contributed by atoms with Gasteiger partial charge in [-0.3, -0.25) is 0 Å². The van der Waals surface area contributed by atoms with Crippen molar-refractivity contribution in [1.82, 2.24) is 0 Å². The summed E-state index contributed by atoms with van der Waals surface area (Å²) in [5.41, 5.74) is 32.8. The van der Waals surface area contributed by atoms with Gasteiger partial charge in [-0.25, -0.2) is 30.7 Å². The molecule has 0 aliphatic heterocycles. The molecule has 0 aliphatic carbocycles. The Kier molecular flexibility index (Phi) is 25.0. The largest absolute Gasteiger partial charge is 0.489 e. The van der Waals surface area contributed by atoms with Gasteiger partial charge in [0, 0.05) is 34.9 Å². The van der Waals surface area contributed by atoms with Crippen molar-refractivity contribution in [1.29, 1.82) is 0 Å². The highest BCUT2D eigenvalue weighted by atomic mass is 35.5. The van der Waals surface area contributed by atoms with Gasteiger partial charge < -0.3 is 52.4 Å². The van der Waals surface area contributed by atoms with Gasteiger partial charge in [-0.1, -0.05) is 72.3 Å². The van der Waals surface area contributed by atoms with Gasteiger partial charge in [0.15, 0.2) is 11.6 Å². The maximum atomic E-state index is 13.4. The number of ether oxygens (including phenoxy) is 5. The van der Waals surface area contributed by atoms with Gasteiger partial charge in [0.05, 0.1) is 16.3 Å². The van der Waals surface area contributed by atoms with E-state index in [2.05, 4.69) is 0 Å². The molecule has 0 saturated heterocycles. The van der Waals surface area contributed by atoms with Crippen LogP contribution < -0.4 is 52.4 Å². The van der Waals surface area contributed by atoms with Crippen molar-refractivity contribution in [2.75, 3.05) is 28.7 Å². The lowest BCUT2D eigenvalue weighted by Crippen LogP contribution is -2.09. The number of anilines is 5. The third kappa shape index (κ3) is 23.0. The Morgan fingerprint density at radius 2 is 0.659 bits per heavy atom. The second kappa shape index (κ2) is 32.9. The first-order chi connectivity index (χ1) is 42.0. The monoisotopic (exact) mass is 1240 g/mol. The Morgan fingerprint density at radius 1 is 0.330 bits per heavy atom. The molecular formula is C67H58ClF10N5O5. The lowest BCUT2D eigenvalue weighted by molar-refractivity contribution is -0.137. The molecular weight excluding hydrogens is 1180 g/mol. The van der Waals surface area contributed by atoms with Crippen molar-refractivity contribution >= 4 is 40.0 Å². The Bertz CT molecular complexity index is 3600. The molecule has 88 heavy (non-hydrogen) atoms. The number of nitrogen functional groups attached to an aromatic ring is 5. The second-order valence-corrected chi connectivity index (χ2v) is 19.3. The zero-order chi connectivity index (χ0) is 63.8.